The zero-order chi connectivity index (χ0) is 52.9. The SMILES string of the molecule is CC/C=C\C/C=C\C/C=C\CCCCCCCCCC(=O)OC(COC(=O)CCCCCCCC/C=C\C/C=C\C/C=C\CCCCCCC)COC(=O)CCCCCCCCC/C=C\C/C=C\CCCCC. The van der Waals surface area contributed by atoms with E-state index in [1.807, 2.05) is 0 Å². The number of rotatable bonds is 55. The molecule has 0 aliphatic carbocycles. The van der Waals surface area contributed by atoms with E-state index in [4.69, 9.17) is 14.2 Å². The van der Waals surface area contributed by atoms with Crippen molar-refractivity contribution in [3.8, 4) is 0 Å². The van der Waals surface area contributed by atoms with Gasteiger partial charge in [0.2, 0.25) is 0 Å². The molecule has 418 valence electrons. The van der Waals surface area contributed by atoms with Gasteiger partial charge in [0.15, 0.2) is 6.10 Å². The predicted octanol–water partition coefficient (Wildman–Crippen LogP) is 20.9. The molecule has 1 atom stereocenters. The third-order valence-electron chi connectivity index (χ3n) is 13.0. The van der Waals surface area contributed by atoms with E-state index in [-0.39, 0.29) is 31.1 Å². The number of unbranched alkanes of at least 4 members (excludes halogenated alkanes) is 28. The van der Waals surface area contributed by atoms with Crippen LogP contribution in [0.5, 0.6) is 0 Å². The van der Waals surface area contributed by atoms with Crippen molar-refractivity contribution in [2.75, 3.05) is 13.2 Å². The van der Waals surface area contributed by atoms with E-state index in [0.717, 1.165) is 116 Å². The number of hydrogen-bond donors (Lipinski definition) is 0. The summed E-state index contributed by atoms with van der Waals surface area (Å²) in [7, 11) is 0. The van der Waals surface area contributed by atoms with E-state index in [9.17, 15) is 14.4 Å². The maximum absolute atomic E-state index is 12.9. The molecular weight excluding hydrogens is 901 g/mol. The minimum absolute atomic E-state index is 0.0904. The van der Waals surface area contributed by atoms with Crippen molar-refractivity contribution in [3.63, 3.8) is 0 Å². The molecule has 0 aromatic carbocycles. The summed E-state index contributed by atoms with van der Waals surface area (Å²) in [6, 6.07) is 0. The highest BCUT2D eigenvalue weighted by Gasteiger charge is 2.19. The Labute approximate surface area is 451 Å². The lowest BCUT2D eigenvalue weighted by atomic mass is 10.1. The fourth-order valence-corrected chi connectivity index (χ4v) is 8.44. The van der Waals surface area contributed by atoms with Crippen molar-refractivity contribution in [2.45, 2.75) is 297 Å². The number of carbonyl (C=O) groups is 3. The Kier molecular flexibility index (Phi) is 57.8. The van der Waals surface area contributed by atoms with Crippen LogP contribution in [0.3, 0.4) is 0 Å². The van der Waals surface area contributed by atoms with Crippen LogP contribution in [0, 0.1) is 0 Å². The van der Waals surface area contributed by atoms with Gasteiger partial charge in [-0.1, -0.05) is 246 Å². The summed E-state index contributed by atoms with van der Waals surface area (Å²) in [5, 5.41) is 0. The monoisotopic (exact) mass is 1010 g/mol. The minimum Gasteiger partial charge on any atom is -0.462 e. The van der Waals surface area contributed by atoms with Crippen LogP contribution in [0.25, 0.3) is 0 Å². The van der Waals surface area contributed by atoms with E-state index in [1.165, 1.54) is 135 Å². The molecule has 0 saturated carbocycles. The van der Waals surface area contributed by atoms with Crippen molar-refractivity contribution in [2.24, 2.45) is 0 Å². The van der Waals surface area contributed by atoms with Gasteiger partial charge in [0.25, 0.3) is 0 Å². The standard InChI is InChI=1S/C67H114O6/c1-4-7-10-13-16-19-22-25-28-31-32-33-34-37-39-42-45-48-51-54-57-60-66(69)72-63-64(73-67(70)61-58-55-52-49-46-43-40-36-30-27-24-21-18-15-12-9-6-3)62-71-65(68)59-56-53-50-47-44-41-38-35-29-26-23-20-17-14-11-8-5-2/h9,12,17-18,20-22,25-27,29-32,34,37,64H,4-8,10-11,13-16,19,23-24,28,33,35-36,38-63H2,1-3H3/b12-9-,20-17-,21-18-,25-22-,29-26-,30-27-,32-31-,37-34-. The Bertz CT molecular complexity index is 1440. The van der Waals surface area contributed by atoms with Crippen molar-refractivity contribution in [1.29, 1.82) is 0 Å². The topological polar surface area (TPSA) is 78.9 Å². The van der Waals surface area contributed by atoms with Crippen LogP contribution in [0.15, 0.2) is 97.2 Å². The molecule has 0 amide bonds. The van der Waals surface area contributed by atoms with E-state index in [1.54, 1.807) is 0 Å². The maximum atomic E-state index is 12.9. The Balaban J connectivity index is 4.43. The number of carbonyl (C=O) groups excluding carboxylic acids is 3. The van der Waals surface area contributed by atoms with E-state index in [0.29, 0.717) is 19.3 Å². The molecule has 6 nitrogen and oxygen atoms in total. The molecule has 0 aromatic rings. The van der Waals surface area contributed by atoms with Crippen LogP contribution in [-0.4, -0.2) is 37.2 Å². The molecule has 73 heavy (non-hydrogen) atoms. The lowest BCUT2D eigenvalue weighted by molar-refractivity contribution is -0.167. The first-order chi connectivity index (χ1) is 36.0. The summed E-state index contributed by atoms with van der Waals surface area (Å²) in [5.74, 6) is -0.913. The van der Waals surface area contributed by atoms with Gasteiger partial charge in [0, 0.05) is 19.3 Å². The van der Waals surface area contributed by atoms with Crippen molar-refractivity contribution in [1.82, 2.24) is 0 Å². The fraction of sp³-hybridized carbons (Fsp3) is 0.716. The first kappa shape index (κ1) is 69.3. The molecule has 0 rings (SSSR count). The Morgan fingerprint density at radius 3 is 0.863 bits per heavy atom. The maximum Gasteiger partial charge on any atom is 0.306 e. The second-order valence-electron chi connectivity index (χ2n) is 20.2. The van der Waals surface area contributed by atoms with Gasteiger partial charge in [0.1, 0.15) is 13.2 Å². The first-order valence-corrected chi connectivity index (χ1v) is 30.7. The van der Waals surface area contributed by atoms with Crippen molar-refractivity contribution < 1.29 is 28.6 Å². The first-order valence-electron chi connectivity index (χ1n) is 30.7. The summed E-state index contributed by atoms with van der Waals surface area (Å²) in [4.78, 5) is 38.3. The van der Waals surface area contributed by atoms with Gasteiger partial charge in [-0.05, 0) is 122 Å². The second-order valence-corrected chi connectivity index (χ2v) is 20.2. The lowest BCUT2D eigenvalue weighted by Gasteiger charge is -2.18. The van der Waals surface area contributed by atoms with Crippen molar-refractivity contribution >= 4 is 17.9 Å². The molecule has 0 fully saturated rings. The zero-order valence-corrected chi connectivity index (χ0v) is 47.9. The summed E-state index contributed by atoms with van der Waals surface area (Å²) in [5.41, 5.74) is 0. The molecule has 1 unspecified atom stereocenters. The van der Waals surface area contributed by atoms with Crippen LogP contribution in [-0.2, 0) is 28.6 Å². The van der Waals surface area contributed by atoms with Crippen LogP contribution < -0.4 is 0 Å². The van der Waals surface area contributed by atoms with Gasteiger partial charge < -0.3 is 14.2 Å². The normalized spacial score (nSPS) is 12.8. The predicted molar refractivity (Wildman–Crippen MR) is 316 cm³/mol. The Hall–Kier alpha value is -3.67. The molecule has 0 radical (unpaired) electrons. The molecule has 0 N–H and O–H groups in total. The number of allylic oxidation sites excluding steroid dienone is 16. The number of ether oxygens (including phenoxy) is 3. The number of hydrogen-bond acceptors (Lipinski definition) is 6. The quantitative estimate of drug-likeness (QED) is 0.0261. The van der Waals surface area contributed by atoms with Gasteiger partial charge in [-0.25, -0.2) is 0 Å². The molecular formula is C67H114O6. The van der Waals surface area contributed by atoms with E-state index in [2.05, 4.69) is 118 Å². The highest BCUT2D eigenvalue weighted by atomic mass is 16.6. The third kappa shape index (κ3) is 59.1. The summed E-state index contributed by atoms with van der Waals surface area (Å²) in [6.45, 7) is 6.49. The summed E-state index contributed by atoms with van der Waals surface area (Å²) < 4.78 is 16.9. The van der Waals surface area contributed by atoms with Crippen LogP contribution in [0.4, 0.5) is 0 Å². The lowest BCUT2D eigenvalue weighted by Crippen LogP contribution is -2.30. The van der Waals surface area contributed by atoms with E-state index >= 15 is 0 Å². The minimum atomic E-state index is -0.794. The van der Waals surface area contributed by atoms with Crippen LogP contribution >= 0.6 is 0 Å². The number of esters is 3. The second kappa shape index (κ2) is 60.9. The average molecular weight is 1020 g/mol. The highest BCUT2D eigenvalue weighted by molar-refractivity contribution is 5.71. The van der Waals surface area contributed by atoms with E-state index < -0.39 is 6.10 Å². The molecule has 0 saturated heterocycles. The smallest absolute Gasteiger partial charge is 0.306 e. The van der Waals surface area contributed by atoms with Gasteiger partial charge >= 0.3 is 17.9 Å². The van der Waals surface area contributed by atoms with Gasteiger partial charge in [-0.15, -0.1) is 0 Å². The van der Waals surface area contributed by atoms with Gasteiger partial charge in [-0.3, -0.25) is 14.4 Å². The molecule has 0 aliphatic heterocycles. The van der Waals surface area contributed by atoms with Crippen LogP contribution in [0.1, 0.15) is 290 Å². The largest absolute Gasteiger partial charge is 0.462 e. The molecule has 0 aromatic heterocycles. The summed E-state index contributed by atoms with van der Waals surface area (Å²) in [6.07, 6.45) is 81.1. The van der Waals surface area contributed by atoms with Gasteiger partial charge in [0.05, 0.1) is 0 Å². The highest BCUT2D eigenvalue weighted by Crippen LogP contribution is 2.15. The Morgan fingerprint density at radius 1 is 0.288 bits per heavy atom. The molecule has 0 aliphatic rings. The molecule has 0 bridgehead atoms. The fourth-order valence-electron chi connectivity index (χ4n) is 8.44. The molecule has 0 heterocycles. The van der Waals surface area contributed by atoms with Crippen LogP contribution in [0.2, 0.25) is 0 Å². The van der Waals surface area contributed by atoms with Gasteiger partial charge in [-0.2, -0.15) is 0 Å². The third-order valence-corrected chi connectivity index (χ3v) is 13.0. The summed E-state index contributed by atoms with van der Waals surface area (Å²) >= 11 is 0. The average Bonchev–Trinajstić information content (AvgIpc) is 3.39. The molecule has 6 heteroatoms. The zero-order valence-electron chi connectivity index (χ0n) is 47.9. The Morgan fingerprint density at radius 2 is 0.534 bits per heavy atom. The van der Waals surface area contributed by atoms with Crippen molar-refractivity contribution in [3.05, 3.63) is 97.2 Å². The molecule has 0 spiro atoms.